The van der Waals surface area contributed by atoms with Gasteiger partial charge in [0.25, 0.3) is 5.91 Å². The number of rotatable bonds is 9. The van der Waals surface area contributed by atoms with E-state index in [4.69, 9.17) is 9.84 Å². The highest BCUT2D eigenvalue weighted by molar-refractivity contribution is 5.94. The molecule has 194 valence electrons. The van der Waals surface area contributed by atoms with Crippen LogP contribution >= 0.6 is 0 Å². The minimum absolute atomic E-state index is 0.0686. The lowest BCUT2D eigenvalue weighted by molar-refractivity contribution is 0.0946. The van der Waals surface area contributed by atoms with Crippen molar-refractivity contribution in [2.75, 3.05) is 13.2 Å². The van der Waals surface area contributed by atoms with E-state index in [1.54, 1.807) is 4.52 Å². The van der Waals surface area contributed by atoms with Crippen LogP contribution in [-0.4, -0.2) is 43.9 Å². The van der Waals surface area contributed by atoms with Crippen LogP contribution in [0.3, 0.4) is 0 Å². The molecule has 0 aliphatic rings. The van der Waals surface area contributed by atoms with Crippen molar-refractivity contribution in [2.45, 2.75) is 26.7 Å². The first-order valence-corrected chi connectivity index (χ1v) is 12.5. The maximum absolute atomic E-state index is 13.5. The van der Waals surface area contributed by atoms with Crippen molar-refractivity contribution in [1.29, 1.82) is 0 Å². The lowest BCUT2D eigenvalue weighted by atomic mass is 10.1. The summed E-state index contributed by atoms with van der Waals surface area (Å²) in [7, 11) is 0. The van der Waals surface area contributed by atoms with Gasteiger partial charge < -0.3 is 10.1 Å². The number of nitrogens with zero attached hydrogens (tertiary/aromatic N) is 5. The molecule has 0 saturated carbocycles. The van der Waals surface area contributed by atoms with Crippen LogP contribution in [0.2, 0.25) is 0 Å². The molecule has 0 bridgehead atoms. The topological polar surface area (TPSA) is 94.3 Å². The average Bonchev–Trinajstić information content (AvgIpc) is 3.37. The van der Waals surface area contributed by atoms with Crippen LogP contribution in [0.1, 0.15) is 42.0 Å². The molecule has 0 radical (unpaired) electrons. The predicted molar refractivity (Wildman–Crippen MR) is 143 cm³/mol. The smallest absolute Gasteiger partial charge is 0.255 e. The largest absolute Gasteiger partial charge is 0.494 e. The number of ether oxygens (including phenoxy) is 1. The van der Waals surface area contributed by atoms with Crippen molar-refractivity contribution < 1.29 is 13.9 Å². The monoisotopic (exact) mass is 512 g/mol. The molecule has 0 saturated heterocycles. The lowest BCUT2D eigenvalue weighted by Gasteiger charge is -2.08. The molecule has 3 heterocycles. The van der Waals surface area contributed by atoms with Crippen LogP contribution < -0.4 is 10.1 Å². The van der Waals surface area contributed by atoms with Gasteiger partial charge in [-0.1, -0.05) is 56.3 Å². The van der Waals surface area contributed by atoms with Gasteiger partial charge in [0.1, 0.15) is 5.75 Å². The summed E-state index contributed by atoms with van der Waals surface area (Å²) < 4.78 is 21.1. The van der Waals surface area contributed by atoms with Gasteiger partial charge in [0, 0.05) is 24.7 Å². The van der Waals surface area contributed by atoms with Gasteiger partial charge in [0.2, 0.25) is 5.95 Å². The van der Waals surface area contributed by atoms with E-state index < -0.39 is 11.9 Å². The van der Waals surface area contributed by atoms with Crippen LogP contribution in [0, 0.1) is 5.95 Å². The zero-order valence-electron chi connectivity index (χ0n) is 21.3. The molecule has 0 spiro atoms. The van der Waals surface area contributed by atoms with Gasteiger partial charge in [0.15, 0.2) is 11.5 Å². The zero-order chi connectivity index (χ0) is 26.7. The number of benzene rings is 2. The van der Waals surface area contributed by atoms with Crippen LogP contribution in [0.4, 0.5) is 4.39 Å². The molecule has 0 fully saturated rings. The number of nitrogens with one attached hydrogen (secondary N) is 1. The lowest BCUT2D eigenvalue weighted by Crippen LogP contribution is -2.26. The number of hydrogen-bond acceptors (Lipinski definition) is 6. The first-order valence-electron chi connectivity index (χ1n) is 12.5. The van der Waals surface area contributed by atoms with Gasteiger partial charge in [0.05, 0.1) is 17.9 Å². The molecule has 0 aliphatic heterocycles. The fourth-order valence-corrected chi connectivity index (χ4v) is 3.71. The SMILES string of the molecule is CC.O=C(NCCCOc1ccc(Cc2nnc3ccc(-c4ccccc4)nn23)cc1)c1cccnc1F. The number of fused-ring (bicyclic) bond motifs is 1. The Morgan fingerprint density at radius 2 is 1.74 bits per heavy atom. The average molecular weight is 513 g/mol. The third-order valence-corrected chi connectivity index (χ3v) is 5.56. The van der Waals surface area contributed by atoms with Crippen molar-refractivity contribution in [3.8, 4) is 17.0 Å². The van der Waals surface area contributed by atoms with Crippen molar-refractivity contribution in [3.05, 3.63) is 108 Å². The van der Waals surface area contributed by atoms with Crippen LogP contribution in [0.25, 0.3) is 16.9 Å². The zero-order valence-corrected chi connectivity index (χ0v) is 21.3. The summed E-state index contributed by atoms with van der Waals surface area (Å²) in [6.45, 7) is 4.78. The molecule has 1 N–H and O–H groups in total. The second kappa shape index (κ2) is 13.0. The van der Waals surface area contributed by atoms with E-state index in [9.17, 15) is 9.18 Å². The summed E-state index contributed by atoms with van der Waals surface area (Å²) in [5.74, 6) is 0.199. The molecule has 1 amide bonds. The molecule has 9 heteroatoms. The van der Waals surface area contributed by atoms with Gasteiger partial charge in [-0.3, -0.25) is 4.79 Å². The predicted octanol–water partition coefficient (Wildman–Crippen LogP) is 5.14. The van der Waals surface area contributed by atoms with E-state index in [0.29, 0.717) is 31.6 Å². The van der Waals surface area contributed by atoms with E-state index in [1.165, 1.54) is 18.3 Å². The molecule has 0 unspecified atom stereocenters. The molecule has 0 aliphatic carbocycles. The summed E-state index contributed by atoms with van der Waals surface area (Å²) in [5.41, 5.74) is 3.57. The molecular weight excluding hydrogens is 483 g/mol. The van der Waals surface area contributed by atoms with Crippen LogP contribution in [-0.2, 0) is 6.42 Å². The Kier molecular flexibility index (Phi) is 9.07. The van der Waals surface area contributed by atoms with E-state index >= 15 is 0 Å². The van der Waals surface area contributed by atoms with Gasteiger partial charge in [-0.25, -0.2) is 4.98 Å². The van der Waals surface area contributed by atoms with Gasteiger partial charge in [-0.05, 0) is 48.4 Å². The number of carbonyl (C=O) groups excluding carboxylic acids is 1. The number of amides is 1. The Morgan fingerprint density at radius 3 is 2.50 bits per heavy atom. The van der Waals surface area contributed by atoms with Crippen molar-refractivity contribution in [2.24, 2.45) is 0 Å². The number of pyridine rings is 1. The molecular formula is C29H29FN6O2. The summed E-state index contributed by atoms with van der Waals surface area (Å²) in [6.07, 6.45) is 2.46. The fourth-order valence-electron chi connectivity index (χ4n) is 3.71. The molecule has 3 aromatic heterocycles. The Balaban J connectivity index is 0.00000164. The maximum atomic E-state index is 13.5. The Morgan fingerprint density at radius 1 is 0.947 bits per heavy atom. The third kappa shape index (κ3) is 6.56. The van der Waals surface area contributed by atoms with E-state index in [1.807, 2.05) is 80.6 Å². The fraction of sp³-hybridized carbons (Fsp3) is 0.207. The molecule has 38 heavy (non-hydrogen) atoms. The first-order chi connectivity index (χ1) is 18.7. The normalized spacial score (nSPS) is 10.5. The molecule has 5 aromatic rings. The van der Waals surface area contributed by atoms with Crippen molar-refractivity contribution in [3.63, 3.8) is 0 Å². The standard InChI is InChI=1S/C27H23FN6O2.C2H6/c28-26-22(8-4-15-29-26)27(35)30-16-5-17-36-21-11-9-19(10-12-21)18-25-32-31-24-14-13-23(33-34(24)25)20-6-2-1-3-7-20;1-2/h1-4,6-15H,5,16-18H2,(H,30,35);1-2H3. The number of carbonyl (C=O) groups is 1. The number of aromatic nitrogens is 5. The van der Waals surface area contributed by atoms with Crippen LogP contribution in [0.5, 0.6) is 5.75 Å². The Bertz CT molecular complexity index is 1470. The summed E-state index contributed by atoms with van der Waals surface area (Å²) in [5, 5.41) is 15.9. The maximum Gasteiger partial charge on any atom is 0.255 e. The molecule has 2 aromatic carbocycles. The highest BCUT2D eigenvalue weighted by Gasteiger charge is 2.12. The Hall–Kier alpha value is -4.66. The van der Waals surface area contributed by atoms with Gasteiger partial charge >= 0.3 is 0 Å². The van der Waals surface area contributed by atoms with Gasteiger partial charge in [-0.2, -0.15) is 14.0 Å². The number of halogens is 1. The van der Waals surface area contributed by atoms with Crippen molar-refractivity contribution >= 4 is 11.6 Å². The minimum Gasteiger partial charge on any atom is -0.494 e. The Labute approximate surface area is 220 Å². The highest BCUT2D eigenvalue weighted by Crippen LogP contribution is 2.19. The highest BCUT2D eigenvalue weighted by atomic mass is 19.1. The second-order valence-corrected chi connectivity index (χ2v) is 8.09. The second-order valence-electron chi connectivity index (χ2n) is 8.09. The molecule has 5 rings (SSSR count). The van der Waals surface area contributed by atoms with Crippen molar-refractivity contribution in [1.82, 2.24) is 30.1 Å². The summed E-state index contributed by atoms with van der Waals surface area (Å²) in [4.78, 5) is 15.5. The summed E-state index contributed by atoms with van der Waals surface area (Å²) >= 11 is 0. The van der Waals surface area contributed by atoms with Crippen LogP contribution in [0.15, 0.2) is 85.1 Å². The minimum atomic E-state index is -0.780. The first kappa shape index (κ1) is 26.4. The molecule has 8 nitrogen and oxygen atoms in total. The quantitative estimate of drug-likeness (QED) is 0.217. The molecule has 0 atom stereocenters. The third-order valence-electron chi connectivity index (χ3n) is 5.56. The summed E-state index contributed by atoms with van der Waals surface area (Å²) in [6, 6.07) is 24.5. The van der Waals surface area contributed by atoms with E-state index in [-0.39, 0.29) is 5.56 Å². The van der Waals surface area contributed by atoms with E-state index in [0.717, 1.165) is 28.4 Å². The number of hydrogen-bond donors (Lipinski definition) is 1. The van der Waals surface area contributed by atoms with E-state index in [2.05, 4.69) is 20.5 Å². The van der Waals surface area contributed by atoms with Gasteiger partial charge in [-0.15, -0.1) is 10.2 Å².